The van der Waals surface area contributed by atoms with Crippen molar-refractivity contribution in [1.82, 2.24) is 10.3 Å². The van der Waals surface area contributed by atoms with Crippen molar-refractivity contribution in [3.05, 3.63) is 59.7 Å². The van der Waals surface area contributed by atoms with Crippen molar-refractivity contribution in [3.63, 3.8) is 0 Å². The van der Waals surface area contributed by atoms with Crippen LogP contribution in [0, 0.1) is 5.82 Å². The van der Waals surface area contributed by atoms with Crippen LogP contribution in [-0.2, 0) is 11.3 Å². The highest BCUT2D eigenvalue weighted by atomic mass is 19.1. The summed E-state index contributed by atoms with van der Waals surface area (Å²) in [7, 11) is 0. The first kappa shape index (κ1) is 12.9. The van der Waals surface area contributed by atoms with Gasteiger partial charge in [-0.05, 0) is 24.3 Å². The fraction of sp³-hybridized carbons (Fsp3) is 0.0714. The van der Waals surface area contributed by atoms with Gasteiger partial charge in [-0.2, -0.15) is 0 Å². The molecule has 0 unspecified atom stereocenters. The van der Waals surface area contributed by atoms with E-state index in [4.69, 9.17) is 5.11 Å². The second kappa shape index (κ2) is 5.86. The zero-order valence-electron chi connectivity index (χ0n) is 10.1. The van der Waals surface area contributed by atoms with E-state index in [1.807, 2.05) is 12.1 Å². The highest BCUT2D eigenvalue weighted by Crippen LogP contribution is 2.14. The Labute approximate surface area is 109 Å². The maximum atomic E-state index is 13.4. The number of halogens is 1. The Bertz CT molecular complexity index is 591. The number of carbonyl (C=O) groups excluding carboxylic acids is 1. The summed E-state index contributed by atoms with van der Waals surface area (Å²) in [4.78, 5) is 14.4. The number of carbonyl (C=O) groups is 1. The van der Waals surface area contributed by atoms with Crippen LogP contribution in [0.4, 0.5) is 4.39 Å². The smallest absolute Gasteiger partial charge is 0.244 e. The molecule has 4 nitrogen and oxygen atoms in total. The van der Waals surface area contributed by atoms with Crippen molar-refractivity contribution >= 4 is 12.0 Å². The largest absolute Gasteiger partial charge is 0.508 e. The summed E-state index contributed by atoms with van der Waals surface area (Å²) < 4.78 is 13.4. The van der Waals surface area contributed by atoms with Crippen LogP contribution in [0.5, 0.6) is 5.75 Å². The Morgan fingerprint density at radius 2 is 2.26 bits per heavy atom. The lowest BCUT2D eigenvalue weighted by molar-refractivity contribution is -0.116. The number of hydrogen-bond donors (Lipinski definition) is 3. The van der Waals surface area contributed by atoms with Crippen LogP contribution in [0.25, 0.3) is 6.08 Å². The Morgan fingerprint density at radius 3 is 2.95 bits per heavy atom. The Kier molecular flexibility index (Phi) is 3.97. The number of aromatic hydroxyl groups is 1. The molecule has 98 valence electrons. The summed E-state index contributed by atoms with van der Waals surface area (Å²) >= 11 is 0. The molecule has 0 saturated carbocycles. The van der Waals surface area contributed by atoms with Gasteiger partial charge < -0.3 is 15.4 Å². The van der Waals surface area contributed by atoms with Crippen LogP contribution >= 0.6 is 0 Å². The fourth-order valence-corrected chi connectivity index (χ4v) is 1.53. The van der Waals surface area contributed by atoms with Gasteiger partial charge in [0.05, 0.1) is 0 Å². The third-order valence-electron chi connectivity index (χ3n) is 2.53. The van der Waals surface area contributed by atoms with Crippen LogP contribution in [0.15, 0.2) is 42.6 Å². The Balaban J connectivity index is 1.90. The predicted molar refractivity (Wildman–Crippen MR) is 69.7 cm³/mol. The van der Waals surface area contributed by atoms with Gasteiger partial charge in [-0.3, -0.25) is 4.79 Å². The standard InChI is InChI=1S/C14H13FN2O2/c15-13-8-12(18)5-3-10(13)9-17-14(19)6-4-11-2-1-7-16-11/h1-8,16,18H,9H2,(H,17,19)/b6-4+. The second-order valence-corrected chi connectivity index (χ2v) is 3.95. The van der Waals surface area contributed by atoms with Crippen molar-refractivity contribution in [2.24, 2.45) is 0 Å². The van der Waals surface area contributed by atoms with E-state index in [0.717, 1.165) is 11.8 Å². The van der Waals surface area contributed by atoms with Crippen molar-refractivity contribution in [1.29, 1.82) is 0 Å². The highest BCUT2D eigenvalue weighted by molar-refractivity contribution is 5.91. The molecule has 1 aromatic heterocycles. The quantitative estimate of drug-likeness (QED) is 0.738. The molecule has 3 N–H and O–H groups in total. The Morgan fingerprint density at radius 1 is 1.42 bits per heavy atom. The summed E-state index contributed by atoms with van der Waals surface area (Å²) in [6.45, 7) is 0.0695. The first-order valence-corrected chi connectivity index (χ1v) is 5.72. The van der Waals surface area contributed by atoms with Crippen molar-refractivity contribution in [2.75, 3.05) is 0 Å². The molecule has 1 amide bonds. The zero-order chi connectivity index (χ0) is 13.7. The lowest BCUT2D eigenvalue weighted by Gasteiger charge is -2.04. The molecule has 19 heavy (non-hydrogen) atoms. The molecule has 2 aromatic rings. The molecule has 0 fully saturated rings. The maximum absolute atomic E-state index is 13.4. The zero-order valence-corrected chi connectivity index (χ0v) is 10.1. The average Bonchev–Trinajstić information content (AvgIpc) is 2.88. The lowest BCUT2D eigenvalue weighted by Crippen LogP contribution is -2.20. The van der Waals surface area contributed by atoms with E-state index in [1.165, 1.54) is 18.2 Å². The fourth-order valence-electron chi connectivity index (χ4n) is 1.53. The SMILES string of the molecule is O=C(/C=C/c1ccc[nH]1)NCc1ccc(O)cc1F. The molecule has 0 bridgehead atoms. The predicted octanol–water partition coefficient (Wildman–Crippen LogP) is 2.19. The second-order valence-electron chi connectivity index (χ2n) is 3.95. The van der Waals surface area contributed by atoms with E-state index >= 15 is 0 Å². The van der Waals surface area contributed by atoms with Crippen LogP contribution < -0.4 is 5.32 Å². The van der Waals surface area contributed by atoms with Gasteiger partial charge in [0.1, 0.15) is 11.6 Å². The van der Waals surface area contributed by atoms with Gasteiger partial charge in [0, 0.05) is 36.1 Å². The minimum Gasteiger partial charge on any atom is -0.508 e. The number of hydrogen-bond acceptors (Lipinski definition) is 2. The number of rotatable bonds is 4. The molecule has 0 aliphatic carbocycles. The molecular weight excluding hydrogens is 247 g/mol. The molecule has 0 saturated heterocycles. The molecule has 5 heteroatoms. The normalized spacial score (nSPS) is 10.8. The van der Waals surface area contributed by atoms with Gasteiger partial charge in [-0.1, -0.05) is 6.07 Å². The summed E-state index contributed by atoms with van der Waals surface area (Å²) in [5.41, 5.74) is 1.13. The number of phenols is 1. The van der Waals surface area contributed by atoms with E-state index in [0.29, 0.717) is 5.56 Å². The minimum atomic E-state index is -0.548. The third-order valence-corrected chi connectivity index (χ3v) is 2.53. The number of H-pyrrole nitrogens is 1. The molecule has 1 heterocycles. The number of aromatic amines is 1. The molecule has 2 rings (SSSR count). The first-order chi connectivity index (χ1) is 9.15. The van der Waals surface area contributed by atoms with Crippen LogP contribution in [0.1, 0.15) is 11.3 Å². The van der Waals surface area contributed by atoms with Crippen LogP contribution in [-0.4, -0.2) is 16.0 Å². The van der Waals surface area contributed by atoms with Gasteiger partial charge in [0.25, 0.3) is 0 Å². The minimum absolute atomic E-state index is 0.0695. The number of benzene rings is 1. The van der Waals surface area contributed by atoms with Gasteiger partial charge in [-0.15, -0.1) is 0 Å². The van der Waals surface area contributed by atoms with Gasteiger partial charge >= 0.3 is 0 Å². The number of nitrogens with one attached hydrogen (secondary N) is 2. The van der Waals surface area contributed by atoms with E-state index in [-0.39, 0.29) is 18.2 Å². The van der Waals surface area contributed by atoms with E-state index in [1.54, 1.807) is 12.3 Å². The van der Waals surface area contributed by atoms with E-state index < -0.39 is 5.82 Å². The lowest BCUT2D eigenvalue weighted by atomic mass is 10.2. The van der Waals surface area contributed by atoms with Gasteiger partial charge in [0.2, 0.25) is 5.91 Å². The summed E-state index contributed by atoms with van der Waals surface area (Å²) in [5, 5.41) is 11.6. The number of aromatic nitrogens is 1. The van der Waals surface area contributed by atoms with Crippen molar-refractivity contribution in [3.8, 4) is 5.75 Å². The Hall–Kier alpha value is -2.56. The van der Waals surface area contributed by atoms with Gasteiger partial charge in [-0.25, -0.2) is 4.39 Å². The van der Waals surface area contributed by atoms with Gasteiger partial charge in [0.15, 0.2) is 0 Å². The monoisotopic (exact) mass is 260 g/mol. The molecule has 0 radical (unpaired) electrons. The van der Waals surface area contributed by atoms with E-state index in [9.17, 15) is 9.18 Å². The molecule has 0 atom stereocenters. The average molecular weight is 260 g/mol. The maximum Gasteiger partial charge on any atom is 0.244 e. The highest BCUT2D eigenvalue weighted by Gasteiger charge is 2.04. The summed E-state index contributed by atoms with van der Waals surface area (Å²) in [6, 6.07) is 7.46. The summed E-state index contributed by atoms with van der Waals surface area (Å²) in [5.74, 6) is -1.00. The molecule has 0 spiro atoms. The van der Waals surface area contributed by atoms with E-state index in [2.05, 4.69) is 10.3 Å². The topological polar surface area (TPSA) is 65.1 Å². The molecular formula is C14H13FN2O2. The van der Waals surface area contributed by atoms with Crippen molar-refractivity contribution < 1.29 is 14.3 Å². The number of phenolic OH excluding ortho intramolecular Hbond substituents is 1. The first-order valence-electron chi connectivity index (χ1n) is 5.72. The molecule has 1 aromatic carbocycles. The molecule has 0 aliphatic rings. The summed E-state index contributed by atoms with van der Waals surface area (Å²) in [6.07, 6.45) is 4.75. The van der Waals surface area contributed by atoms with Crippen LogP contribution in [0.2, 0.25) is 0 Å². The van der Waals surface area contributed by atoms with Crippen molar-refractivity contribution in [2.45, 2.75) is 6.54 Å². The molecule has 0 aliphatic heterocycles. The number of amides is 1. The third kappa shape index (κ3) is 3.70. The van der Waals surface area contributed by atoms with Crippen LogP contribution in [0.3, 0.4) is 0 Å².